The van der Waals surface area contributed by atoms with Crippen LogP contribution >= 0.6 is 11.3 Å². The summed E-state index contributed by atoms with van der Waals surface area (Å²) in [5.41, 5.74) is 1.26. The zero-order valence-electron chi connectivity index (χ0n) is 9.03. The molecule has 0 atom stereocenters. The first-order valence-corrected chi connectivity index (χ1v) is 6.20. The predicted octanol–water partition coefficient (Wildman–Crippen LogP) is 3.60. The van der Waals surface area contributed by atoms with E-state index < -0.39 is 0 Å². The quantitative estimate of drug-likeness (QED) is 0.756. The second kappa shape index (κ2) is 3.59. The average molecular weight is 232 g/mol. The molecule has 2 nitrogen and oxygen atoms in total. The summed E-state index contributed by atoms with van der Waals surface area (Å²) in [5, 5.41) is 1.23. The van der Waals surface area contributed by atoms with Gasteiger partial charge in [-0.25, -0.2) is 0 Å². The molecule has 1 aromatic heterocycles. The molecule has 1 aromatic carbocycles. The van der Waals surface area contributed by atoms with Crippen molar-refractivity contribution in [1.82, 2.24) is 0 Å². The highest BCUT2D eigenvalue weighted by atomic mass is 32.1. The third-order valence-corrected chi connectivity index (χ3v) is 4.15. The minimum atomic E-state index is 0.613. The molecule has 1 aliphatic rings. The van der Waals surface area contributed by atoms with Gasteiger partial charge in [-0.1, -0.05) is 0 Å². The summed E-state index contributed by atoms with van der Waals surface area (Å²) in [6, 6.07) is 6.06. The summed E-state index contributed by atoms with van der Waals surface area (Å²) in [4.78, 5) is 12.0. The number of hydrogen-bond donors (Lipinski definition) is 0. The Balaban J connectivity index is 2.25. The normalized spacial score (nSPS) is 15.3. The Labute approximate surface area is 97.8 Å². The summed E-state index contributed by atoms with van der Waals surface area (Å²) >= 11 is 1.57. The van der Waals surface area contributed by atoms with Crippen molar-refractivity contribution >= 4 is 27.7 Å². The van der Waals surface area contributed by atoms with E-state index in [0.29, 0.717) is 5.92 Å². The topological polar surface area (TPSA) is 26.3 Å². The van der Waals surface area contributed by atoms with Gasteiger partial charge in [0, 0.05) is 4.70 Å². The summed E-state index contributed by atoms with van der Waals surface area (Å²) < 4.78 is 6.36. The molecule has 0 N–H and O–H groups in total. The van der Waals surface area contributed by atoms with Crippen LogP contribution in [0.3, 0.4) is 0 Å². The maximum atomic E-state index is 11.1. The van der Waals surface area contributed by atoms with E-state index in [9.17, 15) is 4.79 Å². The Morgan fingerprint density at radius 1 is 1.44 bits per heavy atom. The molecule has 16 heavy (non-hydrogen) atoms. The second-order valence-electron chi connectivity index (χ2n) is 4.13. The van der Waals surface area contributed by atoms with Crippen LogP contribution < -0.4 is 4.74 Å². The highest BCUT2D eigenvalue weighted by Crippen LogP contribution is 2.47. The smallest absolute Gasteiger partial charge is 0.160 e. The van der Waals surface area contributed by atoms with Gasteiger partial charge >= 0.3 is 0 Å². The predicted molar refractivity (Wildman–Crippen MR) is 65.7 cm³/mol. The van der Waals surface area contributed by atoms with Gasteiger partial charge < -0.3 is 4.74 Å². The lowest BCUT2D eigenvalue weighted by Gasteiger charge is -2.00. The van der Waals surface area contributed by atoms with E-state index in [-0.39, 0.29) is 0 Å². The molecule has 1 saturated carbocycles. The Hall–Kier alpha value is -1.35. The molecule has 1 aliphatic carbocycles. The molecule has 0 spiro atoms. The van der Waals surface area contributed by atoms with Gasteiger partial charge in [0.15, 0.2) is 6.29 Å². The van der Waals surface area contributed by atoms with Gasteiger partial charge in [-0.15, -0.1) is 11.3 Å². The number of ether oxygens (including phenoxy) is 1. The largest absolute Gasteiger partial charge is 0.497 e. The van der Waals surface area contributed by atoms with Crippen molar-refractivity contribution < 1.29 is 9.53 Å². The maximum absolute atomic E-state index is 11.1. The summed E-state index contributed by atoms with van der Waals surface area (Å²) in [6.45, 7) is 0. The molecule has 0 aliphatic heterocycles. The lowest BCUT2D eigenvalue weighted by Crippen LogP contribution is -1.84. The molecule has 1 heterocycles. The van der Waals surface area contributed by atoms with Crippen LogP contribution in [0, 0.1) is 0 Å². The van der Waals surface area contributed by atoms with Crippen molar-refractivity contribution in [3.63, 3.8) is 0 Å². The lowest BCUT2D eigenvalue weighted by atomic mass is 10.1. The van der Waals surface area contributed by atoms with E-state index in [0.717, 1.165) is 21.6 Å². The van der Waals surface area contributed by atoms with E-state index in [1.54, 1.807) is 18.4 Å². The van der Waals surface area contributed by atoms with E-state index in [2.05, 4.69) is 6.07 Å². The Kier molecular flexibility index (Phi) is 2.21. The first-order valence-electron chi connectivity index (χ1n) is 5.39. The van der Waals surface area contributed by atoms with Crippen molar-refractivity contribution in [3.05, 3.63) is 28.6 Å². The summed E-state index contributed by atoms with van der Waals surface area (Å²) in [5.74, 6) is 1.47. The van der Waals surface area contributed by atoms with Crippen LogP contribution in [-0.4, -0.2) is 13.4 Å². The van der Waals surface area contributed by atoms with Gasteiger partial charge in [0.05, 0.1) is 12.0 Å². The van der Waals surface area contributed by atoms with Crippen molar-refractivity contribution in [3.8, 4) is 5.75 Å². The number of hydrogen-bond acceptors (Lipinski definition) is 3. The average Bonchev–Trinajstić information content (AvgIpc) is 3.08. The molecule has 0 amide bonds. The molecule has 0 bridgehead atoms. The highest BCUT2D eigenvalue weighted by molar-refractivity contribution is 7.20. The maximum Gasteiger partial charge on any atom is 0.160 e. The monoisotopic (exact) mass is 232 g/mol. The van der Waals surface area contributed by atoms with Crippen LogP contribution in [0.1, 0.15) is 34.0 Å². The number of rotatable bonds is 3. The van der Waals surface area contributed by atoms with Crippen LogP contribution in [0.5, 0.6) is 5.75 Å². The fraction of sp³-hybridized carbons (Fsp3) is 0.308. The van der Waals surface area contributed by atoms with Gasteiger partial charge in [0.1, 0.15) is 5.75 Å². The van der Waals surface area contributed by atoms with Crippen molar-refractivity contribution in [2.75, 3.05) is 7.11 Å². The van der Waals surface area contributed by atoms with E-state index in [4.69, 9.17) is 4.74 Å². The number of fused-ring (bicyclic) bond motifs is 1. The fourth-order valence-electron chi connectivity index (χ4n) is 2.12. The third-order valence-electron chi connectivity index (χ3n) is 3.06. The second-order valence-corrected chi connectivity index (χ2v) is 5.22. The number of methoxy groups -OCH3 is 1. The molecule has 3 rings (SSSR count). The molecule has 3 heteroatoms. The Morgan fingerprint density at radius 3 is 2.88 bits per heavy atom. The van der Waals surface area contributed by atoms with Crippen LogP contribution in [0.4, 0.5) is 0 Å². The molecule has 2 aromatic rings. The van der Waals surface area contributed by atoms with Gasteiger partial charge in [0.2, 0.25) is 0 Å². The molecule has 0 unspecified atom stereocenters. The van der Waals surface area contributed by atoms with Crippen molar-refractivity contribution in [2.24, 2.45) is 0 Å². The fourth-order valence-corrected chi connectivity index (χ4v) is 3.26. The Morgan fingerprint density at radius 2 is 2.25 bits per heavy atom. The van der Waals surface area contributed by atoms with Crippen LogP contribution in [0.25, 0.3) is 10.1 Å². The highest BCUT2D eigenvalue weighted by Gasteiger charge is 2.29. The van der Waals surface area contributed by atoms with Gasteiger partial charge in [-0.2, -0.15) is 0 Å². The van der Waals surface area contributed by atoms with Gasteiger partial charge in [0.25, 0.3) is 0 Å². The minimum absolute atomic E-state index is 0.613. The number of carbonyl (C=O) groups is 1. The number of benzene rings is 1. The first kappa shape index (κ1) is 9.85. The minimum Gasteiger partial charge on any atom is -0.497 e. The summed E-state index contributed by atoms with van der Waals surface area (Å²) in [6.07, 6.45) is 3.43. The first-order chi connectivity index (χ1) is 7.83. The molecule has 0 radical (unpaired) electrons. The molecular formula is C13H12O2S. The standard InChI is InChI=1S/C13H12O2S/c1-15-9-4-5-10-11(6-9)16-12(7-14)13(10)8-2-3-8/h4-8H,2-3H2,1H3. The molecule has 0 saturated heterocycles. The molecule has 82 valence electrons. The SMILES string of the molecule is COc1ccc2c(C3CC3)c(C=O)sc2c1. The van der Waals surface area contributed by atoms with Gasteiger partial charge in [-0.05, 0) is 47.9 Å². The summed E-state index contributed by atoms with van der Waals surface area (Å²) in [7, 11) is 1.66. The van der Waals surface area contributed by atoms with Crippen molar-refractivity contribution in [2.45, 2.75) is 18.8 Å². The lowest BCUT2D eigenvalue weighted by molar-refractivity contribution is 0.112. The zero-order valence-corrected chi connectivity index (χ0v) is 9.84. The third kappa shape index (κ3) is 1.43. The number of thiophene rings is 1. The van der Waals surface area contributed by atoms with E-state index >= 15 is 0 Å². The van der Waals surface area contributed by atoms with E-state index in [1.807, 2.05) is 12.1 Å². The zero-order chi connectivity index (χ0) is 11.1. The Bertz CT molecular complexity index is 552. The van der Waals surface area contributed by atoms with Crippen molar-refractivity contribution in [1.29, 1.82) is 0 Å². The number of aldehydes is 1. The van der Waals surface area contributed by atoms with E-state index in [1.165, 1.54) is 23.8 Å². The van der Waals surface area contributed by atoms with Crippen LogP contribution in [-0.2, 0) is 0 Å². The van der Waals surface area contributed by atoms with Gasteiger partial charge in [-0.3, -0.25) is 4.79 Å². The van der Waals surface area contributed by atoms with Crippen LogP contribution in [0.2, 0.25) is 0 Å². The molecule has 1 fully saturated rings. The molecular weight excluding hydrogens is 220 g/mol. The van der Waals surface area contributed by atoms with Crippen LogP contribution in [0.15, 0.2) is 18.2 Å². The number of carbonyl (C=O) groups excluding carboxylic acids is 1.